The maximum Gasteiger partial charge on any atom is 0.345 e. The molecule has 2 aliphatic rings. The lowest BCUT2D eigenvalue weighted by atomic mass is 10.0. The molecule has 0 bridgehead atoms. The van der Waals surface area contributed by atoms with Crippen molar-refractivity contribution in [3.8, 4) is 17.0 Å². The van der Waals surface area contributed by atoms with E-state index in [-0.39, 0.29) is 0 Å². The average molecular weight is 355 g/mol. The number of nitrogens with one attached hydrogen (secondary N) is 1. The summed E-state index contributed by atoms with van der Waals surface area (Å²) in [4.78, 5) is 28.2. The van der Waals surface area contributed by atoms with E-state index in [0.717, 1.165) is 24.3 Å². The number of aromatic amines is 1. The Morgan fingerprint density at radius 1 is 1.27 bits per heavy atom. The first kappa shape index (κ1) is 16.7. The van der Waals surface area contributed by atoms with E-state index in [4.69, 9.17) is 10.8 Å². The highest BCUT2D eigenvalue weighted by atomic mass is 16.4. The first-order valence-corrected chi connectivity index (χ1v) is 8.74. The number of carbonyl (C=O) groups is 1. The SMILES string of the molecule is CCc1c(-c2ccc(N3CC4C(N)C4C3)cc2)[nH]c(=O)c(C(=O)O)c1O. The monoisotopic (exact) mass is 355 g/mol. The molecule has 1 saturated heterocycles. The Kier molecular flexibility index (Phi) is 3.77. The molecule has 2 unspecified atom stereocenters. The van der Waals surface area contributed by atoms with Gasteiger partial charge in [0.15, 0.2) is 5.56 Å². The highest BCUT2D eigenvalue weighted by molar-refractivity contribution is 5.92. The van der Waals surface area contributed by atoms with Gasteiger partial charge in [-0.25, -0.2) is 4.79 Å². The van der Waals surface area contributed by atoms with Crippen LogP contribution in [0.4, 0.5) is 5.69 Å². The van der Waals surface area contributed by atoms with E-state index in [1.54, 1.807) is 6.92 Å². The minimum absolute atomic E-state index is 0.346. The number of nitrogens with zero attached hydrogens (tertiary/aromatic N) is 1. The Balaban J connectivity index is 1.67. The molecule has 2 aromatic rings. The van der Waals surface area contributed by atoms with E-state index in [2.05, 4.69) is 9.88 Å². The van der Waals surface area contributed by atoms with Gasteiger partial charge >= 0.3 is 5.97 Å². The average Bonchev–Trinajstić information content (AvgIpc) is 3.03. The second-order valence-corrected chi connectivity index (χ2v) is 7.05. The number of hydrogen-bond acceptors (Lipinski definition) is 5. The Bertz CT molecular complexity index is 923. The number of benzene rings is 1. The quantitative estimate of drug-likeness (QED) is 0.658. The van der Waals surface area contributed by atoms with Gasteiger partial charge in [0.2, 0.25) is 0 Å². The zero-order chi connectivity index (χ0) is 18.6. The molecule has 4 rings (SSSR count). The lowest BCUT2D eigenvalue weighted by Gasteiger charge is -2.21. The third-order valence-corrected chi connectivity index (χ3v) is 5.64. The van der Waals surface area contributed by atoms with Crippen LogP contribution in [0.15, 0.2) is 29.1 Å². The number of hydrogen-bond donors (Lipinski definition) is 4. The van der Waals surface area contributed by atoms with E-state index in [1.165, 1.54) is 0 Å². The molecule has 2 heterocycles. The van der Waals surface area contributed by atoms with Crippen LogP contribution in [-0.4, -0.2) is 40.3 Å². The molecule has 0 amide bonds. The van der Waals surface area contributed by atoms with Crippen molar-refractivity contribution in [2.45, 2.75) is 19.4 Å². The standard InChI is InChI=1S/C19H21N3O4/c1-2-11-16(21-18(24)14(17(11)23)19(25)26)9-3-5-10(6-4-9)22-7-12-13(8-22)15(12)20/h3-6,12-13,15H,2,7-8,20H2,1H3,(H,25,26)(H2,21,23,24). The van der Waals surface area contributed by atoms with Gasteiger partial charge < -0.3 is 25.8 Å². The number of aromatic nitrogens is 1. The molecule has 5 N–H and O–H groups in total. The number of pyridine rings is 1. The first-order chi connectivity index (χ1) is 12.4. The number of rotatable bonds is 4. The predicted octanol–water partition coefficient (Wildman–Crippen LogP) is 1.40. The molecule has 1 saturated carbocycles. The molecule has 1 aliphatic heterocycles. The summed E-state index contributed by atoms with van der Waals surface area (Å²) < 4.78 is 0. The van der Waals surface area contributed by atoms with Gasteiger partial charge in [-0.05, 0) is 36.0 Å². The number of fused-ring (bicyclic) bond motifs is 1. The van der Waals surface area contributed by atoms with Crippen molar-refractivity contribution in [3.05, 3.63) is 45.7 Å². The van der Waals surface area contributed by atoms with Gasteiger partial charge in [-0.3, -0.25) is 4.79 Å². The van der Waals surface area contributed by atoms with E-state index in [0.29, 0.717) is 35.6 Å². The normalized spacial score (nSPS) is 23.8. The molecule has 1 aromatic heterocycles. The lowest BCUT2D eigenvalue weighted by molar-refractivity contribution is 0.0691. The summed E-state index contributed by atoms with van der Waals surface area (Å²) in [5, 5.41) is 19.4. The molecule has 1 aliphatic carbocycles. The van der Waals surface area contributed by atoms with Crippen molar-refractivity contribution >= 4 is 11.7 Å². The highest BCUT2D eigenvalue weighted by Crippen LogP contribution is 2.45. The summed E-state index contributed by atoms with van der Waals surface area (Å²) in [6.07, 6.45) is 0.396. The number of carboxylic acid groups (broad SMARTS) is 1. The van der Waals surface area contributed by atoms with Gasteiger partial charge in [-0.1, -0.05) is 19.1 Å². The van der Waals surface area contributed by atoms with E-state index >= 15 is 0 Å². The van der Waals surface area contributed by atoms with Crippen molar-refractivity contribution in [2.24, 2.45) is 17.6 Å². The molecule has 0 spiro atoms. The Morgan fingerprint density at radius 2 is 1.88 bits per heavy atom. The van der Waals surface area contributed by atoms with Crippen molar-refractivity contribution in [1.82, 2.24) is 4.98 Å². The molecule has 7 heteroatoms. The summed E-state index contributed by atoms with van der Waals surface area (Å²) in [5.41, 5.74) is 7.26. The first-order valence-electron chi connectivity index (χ1n) is 8.74. The van der Waals surface area contributed by atoms with E-state index < -0.39 is 22.8 Å². The predicted molar refractivity (Wildman–Crippen MR) is 97.7 cm³/mol. The second-order valence-electron chi connectivity index (χ2n) is 7.05. The van der Waals surface area contributed by atoms with Crippen molar-refractivity contribution in [2.75, 3.05) is 18.0 Å². The minimum atomic E-state index is -1.44. The lowest BCUT2D eigenvalue weighted by Crippen LogP contribution is -2.27. The van der Waals surface area contributed by atoms with Gasteiger partial charge in [0.05, 0.1) is 5.69 Å². The maximum absolute atomic E-state index is 12.1. The third-order valence-electron chi connectivity index (χ3n) is 5.64. The van der Waals surface area contributed by atoms with Crippen LogP contribution in [-0.2, 0) is 6.42 Å². The molecule has 136 valence electrons. The van der Waals surface area contributed by atoms with Gasteiger partial charge in [-0.15, -0.1) is 0 Å². The zero-order valence-corrected chi connectivity index (χ0v) is 14.4. The van der Waals surface area contributed by atoms with Gasteiger partial charge in [-0.2, -0.15) is 0 Å². The molecule has 0 radical (unpaired) electrons. The molecule has 1 aromatic carbocycles. The molecule has 2 atom stereocenters. The summed E-state index contributed by atoms with van der Waals surface area (Å²) in [6.45, 7) is 3.74. The van der Waals surface area contributed by atoms with Crippen LogP contribution in [0.5, 0.6) is 5.75 Å². The van der Waals surface area contributed by atoms with Crippen molar-refractivity contribution in [3.63, 3.8) is 0 Å². The van der Waals surface area contributed by atoms with Gasteiger partial charge in [0.1, 0.15) is 5.75 Å². The van der Waals surface area contributed by atoms with E-state index in [1.807, 2.05) is 24.3 Å². The topological polar surface area (TPSA) is 120 Å². The van der Waals surface area contributed by atoms with Crippen molar-refractivity contribution < 1.29 is 15.0 Å². The van der Waals surface area contributed by atoms with Crippen molar-refractivity contribution in [1.29, 1.82) is 0 Å². The van der Waals surface area contributed by atoms with Crippen LogP contribution in [0.3, 0.4) is 0 Å². The second kappa shape index (κ2) is 5.88. The molecular formula is C19H21N3O4. The van der Waals surface area contributed by atoms with Crippen LogP contribution >= 0.6 is 0 Å². The summed E-state index contributed by atoms with van der Waals surface area (Å²) >= 11 is 0. The number of piperidine rings is 1. The highest BCUT2D eigenvalue weighted by Gasteiger charge is 2.53. The number of carboxylic acids is 1. The van der Waals surface area contributed by atoms with Crippen LogP contribution in [0, 0.1) is 11.8 Å². The fraction of sp³-hybridized carbons (Fsp3) is 0.368. The summed E-state index contributed by atoms with van der Waals surface area (Å²) in [5.74, 6) is -0.709. The molecule has 26 heavy (non-hydrogen) atoms. The van der Waals surface area contributed by atoms with Crippen LogP contribution in [0.1, 0.15) is 22.8 Å². The largest absolute Gasteiger partial charge is 0.506 e. The number of anilines is 1. The number of H-pyrrole nitrogens is 1. The minimum Gasteiger partial charge on any atom is -0.506 e. The number of aromatic hydroxyl groups is 1. The number of aromatic carboxylic acids is 1. The smallest absolute Gasteiger partial charge is 0.345 e. The molecule has 7 nitrogen and oxygen atoms in total. The maximum atomic E-state index is 12.1. The fourth-order valence-electron chi connectivity index (χ4n) is 4.04. The fourth-order valence-corrected chi connectivity index (χ4v) is 4.04. The van der Waals surface area contributed by atoms with E-state index in [9.17, 15) is 14.7 Å². The Labute approximate surface area is 150 Å². The third kappa shape index (κ3) is 2.47. The zero-order valence-electron chi connectivity index (χ0n) is 14.4. The molecular weight excluding hydrogens is 334 g/mol. The summed E-state index contributed by atoms with van der Waals surface area (Å²) in [7, 11) is 0. The van der Waals surface area contributed by atoms with Crippen LogP contribution in [0.2, 0.25) is 0 Å². The number of nitrogens with two attached hydrogens (primary N) is 1. The van der Waals surface area contributed by atoms with Gasteiger partial charge in [0, 0.05) is 30.4 Å². The Morgan fingerprint density at radius 3 is 2.42 bits per heavy atom. The Hall–Kier alpha value is -2.80. The molecule has 2 fully saturated rings. The van der Waals surface area contributed by atoms with Crippen LogP contribution in [0.25, 0.3) is 11.3 Å². The summed E-state index contributed by atoms with van der Waals surface area (Å²) in [6, 6.07) is 8.06. The van der Waals surface area contributed by atoms with Gasteiger partial charge in [0.25, 0.3) is 5.56 Å². The van der Waals surface area contributed by atoms with Crippen LogP contribution < -0.4 is 16.2 Å².